The van der Waals surface area contributed by atoms with Crippen LogP contribution in [-0.4, -0.2) is 34.8 Å². The van der Waals surface area contributed by atoms with E-state index >= 15 is 0 Å². The Morgan fingerprint density at radius 3 is 2.65 bits per heavy atom. The molecule has 0 radical (unpaired) electrons. The van der Waals surface area contributed by atoms with Crippen LogP contribution in [0.2, 0.25) is 10.0 Å². The highest BCUT2D eigenvalue weighted by Crippen LogP contribution is 2.37. The van der Waals surface area contributed by atoms with Crippen LogP contribution in [0, 0.1) is 5.92 Å². The number of hydrogen-bond acceptors (Lipinski definition) is 3. The molecule has 3 rings (SSSR count). The number of benzene rings is 1. The Hall–Kier alpha value is -1.79. The van der Waals surface area contributed by atoms with Crippen LogP contribution < -0.4 is 10.6 Å². The lowest BCUT2D eigenvalue weighted by Gasteiger charge is -2.34. The van der Waals surface area contributed by atoms with E-state index in [2.05, 4.69) is 17.6 Å². The second kappa shape index (κ2) is 7.45. The monoisotopic (exact) mass is 397 g/mol. The van der Waals surface area contributed by atoms with E-state index in [0.29, 0.717) is 34.5 Å². The summed E-state index contributed by atoms with van der Waals surface area (Å²) in [6.45, 7) is 1.78. The van der Waals surface area contributed by atoms with E-state index in [4.69, 9.17) is 23.2 Å². The van der Waals surface area contributed by atoms with Crippen LogP contribution >= 0.6 is 23.2 Å². The van der Waals surface area contributed by atoms with E-state index in [1.807, 2.05) is 0 Å². The predicted octanol–water partition coefficient (Wildman–Crippen LogP) is 3.82. The number of imide groups is 1. The predicted molar refractivity (Wildman–Crippen MR) is 100 cm³/mol. The van der Waals surface area contributed by atoms with Gasteiger partial charge in [-0.05, 0) is 49.8 Å². The minimum atomic E-state index is -0.850. The average molecular weight is 398 g/mol. The summed E-state index contributed by atoms with van der Waals surface area (Å²) in [5, 5.41) is 6.16. The van der Waals surface area contributed by atoms with E-state index in [1.54, 1.807) is 12.1 Å². The van der Waals surface area contributed by atoms with Gasteiger partial charge in [-0.1, -0.05) is 36.5 Å². The summed E-state index contributed by atoms with van der Waals surface area (Å²) in [7, 11) is 0. The summed E-state index contributed by atoms with van der Waals surface area (Å²) >= 11 is 11.9. The van der Waals surface area contributed by atoms with Crippen LogP contribution in [-0.2, 0) is 9.59 Å². The molecule has 140 valence electrons. The molecule has 2 fully saturated rings. The van der Waals surface area contributed by atoms with Gasteiger partial charge >= 0.3 is 6.03 Å². The van der Waals surface area contributed by atoms with Gasteiger partial charge in [-0.25, -0.2) is 4.79 Å². The highest BCUT2D eigenvalue weighted by molar-refractivity contribution is 6.35. The Balaban J connectivity index is 1.66. The van der Waals surface area contributed by atoms with Crippen molar-refractivity contribution in [2.45, 2.75) is 44.6 Å². The number of halogens is 2. The molecule has 1 saturated heterocycles. The maximum atomic E-state index is 12.8. The fourth-order valence-electron chi connectivity index (χ4n) is 3.66. The quantitative estimate of drug-likeness (QED) is 0.757. The highest BCUT2D eigenvalue weighted by atomic mass is 35.5. The Labute approximate surface area is 162 Å². The fraction of sp³-hybridized carbons (Fsp3) is 0.500. The lowest BCUT2D eigenvalue weighted by molar-refractivity contribution is -0.135. The minimum absolute atomic E-state index is 0.315. The molecule has 1 aliphatic carbocycles. The van der Waals surface area contributed by atoms with Gasteiger partial charge in [0.25, 0.3) is 5.91 Å². The van der Waals surface area contributed by atoms with E-state index in [0.717, 1.165) is 24.2 Å². The Kier molecular flexibility index (Phi) is 5.44. The summed E-state index contributed by atoms with van der Waals surface area (Å²) in [5.74, 6) is -0.228. The van der Waals surface area contributed by atoms with Crippen molar-refractivity contribution < 1.29 is 14.4 Å². The molecule has 1 saturated carbocycles. The highest BCUT2D eigenvalue weighted by Gasteiger charge is 2.52. The van der Waals surface area contributed by atoms with Crippen LogP contribution in [0.5, 0.6) is 0 Å². The molecule has 26 heavy (non-hydrogen) atoms. The average Bonchev–Trinajstić information content (AvgIpc) is 2.83. The van der Waals surface area contributed by atoms with Gasteiger partial charge in [0, 0.05) is 5.02 Å². The molecule has 4 amide bonds. The van der Waals surface area contributed by atoms with E-state index in [1.165, 1.54) is 6.07 Å². The van der Waals surface area contributed by atoms with Crippen molar-refractivity contribution in [1.82, 2.24) is 10.2 Å². The molecule has 6 nitrogen and oxygen atoms in total. The normalized spacial score (nSPS) is 25.5. The van der Waals surface area contributed by atoms with Gasteiger partial charge in [-0.3, -0.25) is 14.5 Å². The molecule has 0 unspecified atom stereocenters. The molecular formula is C18H21Cl2N3O3. The van der Waals surface area contributed by atoms with Crippen molar-refractivity contribution in [2.75, 3.05) is 11.9 Å². The fourth-order valence-corrected chi connectivity index (χ4v) is 4.00. The first-order valence-electron chi connectivity index (χ1n) is 8.73. The van der Waals surface area contributed by atoms with Crippen LogP contribution in [0.15, 0.2) is 18.2 Å². The Morgan fingerprint density at radius 2 is 2.00 bits per heavy atom. The van der Waals surface area contributed by atoms with Gasteiger partial charge < -0.3 is 10.6 Å². The molecule has 1 aromatic rings. The Morgan fingerprint density at radius 1 is 1.31 bits per heavy atom. The van der Waals surface area contributed by atoms with Gasteiger partial charge in [0.05, 0.1) is 10.7 Å². The molecule has 8 heteroatoms. The molecule has 1 spiro atoms. The molecule has 1 aliphatic heterocycles. The zero-order valence-corrected chi connectivity index (χ0v) is 16.0. The first-order chi connectivity index (χ1) is 12.3. The maximum Gasteiger partial charge on any atom is 0.325 e. The number of urea groups is 1. The van der Waals surface area contributed by atoms with Crippen molar-refractivity contribution >= 4 is 46.7 Å². The van der Waals surface area contributed by atoms with Gasteiger partial charge in [-0.2, -0.15) is 0 Å². The Bertz CT molecular complexity index is 745. The zero-order valence-electron chi connectivity index (χ0n) is 14.5. The van der Waals surface area contributed by atoms with Gasteiger partial charge in [0.2, 0.25) is 5.91 Å². The lowest BCUT2D eigenvalue weighted by Crippen LogP contribution is -2.49. The third-order valence-electron chi connectivity index (χ3n) is 5.29. The summed E-state index contributed by atoms with van der Waals surface area (Å²) in [6.07, 6.45) is 4.12. The summed E-state index contributed by atoms with van der Waals surface area (Å²) < 4.78 is 0. The molecule has 2 N–H and O–H groups in total. The summed E-state index contributed by atoms with van der Waals surface area (Å²) in [5.41, 5.74) is -0.508. The van der Waals surface area contributed by atoms with Crippen molar-refractivity contribution in [3.05, 3.63) is 28.2 Å². The van der Waals surface area contributed by atoms with Crippen LogP contribution in [0.3, 0.4) is 0 Å². The molecule has 1 aromatic carbocycles. The number of carbonyl (C=O) groups excluding carboxylic acids is 3. The number of anilines is 1. The molecule has 2 aliphatic rings. The third kappa shape index (κ3) is 3.67. The van der Waals surface area contributed by atoms with E-state index < -0.39 is 17.5 Å². The van der Waals surface area contributed by atoms with Crippen LogP contribution in [0.25, 0.3) is 0 Å². The van der Waals surface area contributed by atoms with Crippen molar-refractivity contribution in [3.63, 3.8) is 0 Å². The lowest BCUT2D eigenvalue weighted by atomic mass is 9.75. The largest absolute Gasteiger partial charge is 0.325 e. The zero-order chi connectivity index (χ0) is 18.9. The second-order valence-corrected chi connectivity index (χ2v) is 7.77. The molecular weight excluding hydrogens is 377 g/mol. The van der Waals surface area contributed by atoms with E-state index in [-0.39, 0.29) is 12.5 Å². The second-order valence-electron chi connectivity index (χ2n) is 6.93. The first-order valence-corrected chi connectivity index (χ1v) is 9.49. The number of hydrogen-bond donors (Lipinski definition) is 2. The van der Waals surface area contributed by atoms with Crippen molar-refractivity contribution in [1.29, 1.82) is 0 Å². The van der Waals surface area contributed by atoms with Crippen molar-refractivity contribution in [3.8, 4) is 0 Å². The molecule has 0 bridgehead atoms. The standard InChI is InChI=1S/C18H21Cl2N3O3/c1-2-11-5-7-18(8-6-11)16(25)23(17(26)22-18)10-15(24)21-14-9-12(19)3-4-13(14)20/h3-4,9,11H,2,5-8,10H2,1H3,(H,21,24)(H,22,26). The third-order valence-corrected chi connectivity index (χ3v) is 5.85. The van der Waals surface area contributed by atoms with Crippen molar-refractivity contribution in [2.24, 2.45) is 5.92 Å². The molecule has 0 aromatic heterocycles. The summed E-state index contributed by atoms with van der Waals surface area (Å²) in [6, 6.07) is 4.17. The van der Waals surface area contributed by atoms with Gasteiger partial charge in [0.15, 0.2) is 0 Å². The number of nitrogens with one attached hydrogen (secondary N) is 2. The number of rotatable bonds is 4. The van der Waals surface area contributed by atoms with Crippen LogP contribution in [0.4, 0.5) is 10.5 Å². The minimum Gasteiger partial charge on any atom is -0.323 e. The number of amides is 4. The topological polar surface area (TPSA) is 78.5 Å². The molecule has 1 heterocycles. The van der Waals surface area contributed by atoms with Gasteiger partial charge in [-0.15, -0.1) is 0 Å². The maximum absolute atomic E-state index is 12.8. The van der Waals surface area contributed by atoms with E-state index in [9.17, 15) is 14.4 Å². The smallest absolute Gasteiger partial charge is 0.323 e. The molecule has 0 atom stereocenters. The number of nitrogens with zero attached hydrogens (tertiary/aromatic N) is 1. The SMILES string of the molecule is CCC1CCC2(CC1)NC(=O)N(CC(=O)Nc1cc(Cl)ccc1Cl)C2=O. The van der Waals surface area contributed by atoms with Crippen LogP contribution in [0.1, 0.15) is 39.0 Å². The summed E-state index contributed by atoms with van der Waals surface area (Å²) in [4.78, 5) is 38.4. The first kappa shape index (κ1) is 19.0. The number of carbonyl (C=O) groups is 3. The van der Waals surface area contributed by atoms with Gasteiger partial charge in [0.1, 0.15) is 12.1 Å².